The first kappa shape index (κ1) is 18.9. The first-order valence-electron chi connectivity index (χ1n) is 9.42. The molecule has 0 radical (unpaired) electrons. The number of aromatic nitrogens is 1. The minimum atomic E-state index is -0.398. The number of thiophene rings is 1. The van der Waals surface area contributed by atoms with Crippen molar-refractivity contribution < 1.29 is 19.1 Å². The fourth-order valence-corrected chi connectivity index (χ4v) is 4.73. The first-order valence-corrected chi connectivity index (χ1v) is 10.2. The Balaban J connectivity index is 1.51. The van der Waals surface area contributed by atoms with Crippen molar-refractivity contribution in [3.05, 3.63) is 46.3 Å². The predicted octanol–water partition coefficient (Wildman–Crippen LogP) is 3.17. The van der Waals surface area contributed by atoms with Crippen molar-refractivity contribution in [1.82, 2.24) is 9.88 Å². The van der Waals surface area contributed by atoms with Crippen LogP contribution in [0.25, 0.3) is 0 Å². The molecule has 5 rings (SSSR count). The predicted molar refractivity (Wildman–Crippen MR) is 106 cm³/mol. The van der Waals surface area contributed by atoms with Gasteiger partial charge in [-0.1, -0.05) is 6.07 Å². The molecule has 0 spiro atoms. The van der Waals surface area contributed by atoms with Gasteiger partial charge in [0.1, 0.15) is 16.8 Å². The van der Waals surface area contributed by atoms with E-state index in [9.17, 15) is 9.59 Å². The molecule has 5 heterocycles. The third-order valence-corrected chi connectivity index (χ3v) is 6.41. The maximum absolute atomic E-state index is 13.0. The standard InChI is InChI=1S/C20H23N3O4S/c1-26-19(24)17-6-5-15(28-17)12-23(18-4-2-3-9-21-18)20(25)27-16-13-22-10-7-14(16)8-11-22/h2-6,9,14,16H,7-8,10-13H2,1H3. The van der Waals surface area contributed by atoms with E-state index in [4.69, 9.17) is 9.47 Å². The van der Waals surface area contributed by atoms with E-state index in [2.05, 4.69) is 9.88 Å². The molecule has 28 heavy (non-hydrogen) atoms. The normalized spacial score (nSPS) is 23.2. The summed E-state index contributed by atoms with van der Waals surface area (Å²) in [7, 11) is 1.35. The van der Waals surface area contributed by atoms with Gasteiger partial charge in [-0.05, 0) is 56.1 Å². The van der Waals surface area contributed by atoms with E-state index in [1.54, 1.807) is 24.4 Å². The summed E-state index contributed by atoms with van der Waals surface area (Å²) in [5.41, 5.74) is 0. The minimum Gasteiger partial charge on any atom is -0.465 e. The SMILES string of the molecule is COC(=O)c1ccc(CN(C(=O)OC2CN3CCC2CC3)c2ccccn2)s1. The van der Waals surface area contributed by atoms with Crippen molar-refractivity contribution in [2.24, 2.45) is 5.92 Å². The van der Waals surface area contributed by atoms with Gasteiger partial charge in [0.25, 0.3) is 0 Å². The number of esters is 1. The number of hydrogen-bond acceptors (Lipinski definition) is 7. The number of amides is 1. The van der Waals surface area contributed by atoms with Crippen LogP contribution in [0.2, 0.25) is 0 Å². The van der Waals surface area contributed by atoms with Crippen molar-refractivity contribution in [3.63, 3.8) is 0 Å². The Morgan fingerprint density at radius 2 is 2.07 bits per heavy atom. The lowest BCUT2D eigenvalue weighted by molar-refractivity contribution is -0.0311. The monoisotopic (exact) mass is 401 g/mol. The van der Waals surface area contributed by atoms with Crippen LogP contribution < -0.4 is 4.90 Å². The Morgan fingerprint density at radius 1 is 1.25 bits per heavy atom. The highest BCUT2D eigenvalue weighted by molar-refractivity contribution is 7.13. The fourth-order valence-electron chi connectivity index (χ4n) is 3.82. The van der Waals surface area contributed by atoms with Gasteiger partial charge in [-0.15, -0.1) is 11.3 Å². The van der Waals surface area contributed by atoms with E-state index < -0.39 is 6.09 Å². The Bertz CT molecular complexity index is 833. The summed E-state index contributed by atoms with van der Waals surface area (Å²) < 4.78 is 10.7. The van der Waals surface area contributed by atoms with Crippen LogP contribution in [-0.4, -0.2) is 54.8 Å². The van der Waals surface area contributed by atoms with Gasteiger partial charge in [0.2, 0.25) is 0 Å². The van der Waals surface area contributed by atoms with E-state index in [-0.39, 0.29) is 12.1 Å². The zero-order valence-electron chi connectivity index (χ0n) is 15.7. The summed E-state index contributed by atoms with van der Waals surface area (Å²) in [5, 5.41) is 0. The number of piperidine rings is 3. The Labute approximate surface area is 167 Å². The van der Waals surface area contributed by atoms with Crippen LogP contribution in [0.1, 0.15) is 27.4 Å². The first-order chi connectivity index (χ1) is 13.6. The fraction of sp³-hybridized carbons (Fsp3) is 0.450. The van der Waals surface area contributed by atoms with Crippen LogP contribution in [0.4, 0.5) is 10.6 Å². The zero-order chi connectivity index (χ0) is 19.5. The van der Waals surface area contributed by atoms with Gasteiger partial charge in [-0.3, -0.25) is 9.80 Å². The molecule has 2 bridgehead atoms. The molecule has 2 aromatic rings. The maximum Gasteiger partial charge on any atom is 0.416 e. The van der Waals surface area contributed by atoms with Gasteiger partial charge < -0.3 is 9.47 Å². The third kappa shape index (κ3) is 4.02. The van der Waals surface area contributed by atoms with Crippen LogP contribution in [-0.2, 0) is 16.0 Å². The average molecular weight is 401 g/mol. The Hall–Kier alpha value is -2.45. The van der Waals surface area contributed by atoms with Gasteiger partial charge in [0.15, 0.2) is 0 Å². The number of fused-ring (bicyclic) bond motifs is 3. The van der Waals surface area contributed by atoms with Crippen molar-refractivity contribution in [2.45, 2.75) is 25.5 Å². The second kappa shape index (κ2) is 8.28. The molecule has 3 saturated heterocycles. The van der Waals surface area contributed by atoms with Crippen molar-refractivity contribution in [3.8, 4) is 0 Å². The molecule has 0 aliphatic carbocycles. The molecule has 148 valence electrons. The minimum absolute atomic E-state index is 0.0739. The van der Waals surface area contributed by atoms with Gasteiger partial charge in [-0.25, -0.2) is 14.6 Å². The van der Waals surface area contributed by atoms with E-state index in [0.29, 0.717) is 23.2 Å². The zero-order valence-corrected chi connectivity index (χ0v) is 16.6. The summed E-state index contributed by atoms with van der Waals surface area (Å²) in [4.78, 5) is 34.3. The lowest BCUT2D eigenvalue weighted by atomic mass is 9.86. The molecule has 3 aliphatic heterocycles. The molecule has 3 aliphatic rings. The molecule has 3 fully saturated rings. The van der Waals surface area contributed by atoms with Gasteiger partial charge in [0, 0.05) is 17.6 Å². The van der Waals surface area contributed by atoms with Gasteiger partial charge in [-0.2, -0.15) is 0 Å². The van der Waals surface area contributed by atoms with E-state index in [0.717, 1.165) is 37.4 Å². The number of anilines is 1. The summed E-state index contributed by atoms with van der Waals surface area (Å²) in [6.07, 6.45) is 3.34. The highest BCUT2D eigenvalue weighted by atomic mass is 32.1. The summed E-state index contributed by atoms with van der Waals surface area (Å²) in [5.74, 6) is 0.587. The van der Waals surface area contributed by atoms with E-state index in [1.165, 1.54) is 23.3 Å². The second-order valence-electron chi connectivity index (χ2n) is 7.09. The largest absolute Gasteiger partial charge is 0.465 e. The Kier molecular flexibility index (Phi) is 5.59. The van der Waals surface area contributed by atoms with E-state index in [1.807, 2.05) is 12.1 Å². The number of ether oxygens (including phenoxy) is 2. The quantitative estimate of drug-likeness (QED) is 0.717. The molecule has 8 heteroatoms. The average Bonchev–Trinajstić information content (AvgIpc) is 3.21. The molecule has 7 nitrogen and oxygen atoms in total. The summed E-state index contributed by atoms with van der Waals surface area (Å²) in [6.45, 7) is 3.28. The molecule has 0 aromatic carbocycles. The van der Waals surface area contributed by atoms with Crippen molar-refractivity contribution in [1.29, 1.82) is 0 Å². The molecule has 0 N–H and O–H groups in total. The van der Waals surface area contributed by atoms with Gasteiger partial charge >= 0.3 is 12.1 Å². The number of hydrogen-bond donors (Lipinski definition) is 0. The molecule has 2 aromatic heterocycles. The van der Waals surface area contributed by atoms with Crippen LogP contribution in [0.15, 0.2) is 36.5 Å². The van der Waals surface area contributed by atoms with Crippen LogP contribution >= 0.6 is 11.3 Å². The Morgan fingerprint density at radius 3 is 2.71 bits per heavy atom. The molecule has 1 amide bonds. The van der Waals surface area contributed by atoms with Crippen LogP contribution in [0.5, 0.6) is 0 Å². The highest BCUT2D eigenvalue weighted by Gasteiger charge is 2.37. The number of nitrogens with zero attached hydrogens (tertiary/aromatic N) is 3. The second-order valence-corrected chi connectivity index (χ2v) is 8.26. The molecular weight excluding hydrogens is 378 g/mol. The highest BCUT2D eigenvalue weighted by Crippen LogP contribution is 2.30. The lowest BCUT2D eigenvalue weighted by Crippen LogP contribution is -2.53. The molecule has 1 atom stereocenters. The number of carbonyl (C=O) groups excluding carboxylic acids is 2. The van der Waals surface area contributed by atoms with Crippen molar-refractivity contribution >= 4 is 29.2 Å². The third-order valence-electron chi connectivity index (χ3n) is 5.36. The van der Waals surface area contributed by atoms with E-state index >= 15 is 0 Å². The number of carbonyl (C=O) groups is 2. The number of pyridine rings is 1. The van der Waals surface area contributed by atoms with Gasteiger partial charge in [0.05, 0.1) is 13.7 Å². The number of methoxy groups -OCH3 is 1. The van der Waals surface area contributed by atoms with Crippen LogP contribution in [0, 0.1) is 5.92 Å². The topological polar surface area (TPSA) is 72.0 Å². The smallest absolute Gasteiger partial charge is 0.416 e. The molecular formula is C20H23N3O4S. The number of rotatable bonds is 5. The maximum atomic E-state index is 13.0. The molecule has 1 unspecified atom stereocenters. The van der Waals surface area contributed by atoms with Crippen LogP contribution in [0.3, 0.4) is 0 Å². The lowest BCUT2D eigenvalue weighted by Gasteiger charge is -2.44. The van der Waals surface area contributed by atoms with Crippen molar-refractivity contribution in [2.75, 3.05) is 31.6 Å². The summed E-state index contributed by atoms with van der Waals surface area (Å²) >= 11 is 1.30. The molecule has 0 saturated carbocycles. The summed E-state index contributed by atoms with van der Waals surface area (Å²) in [6, 6.07) is 8.97.